The van der Waals surface area contributed by atoms with Crippen molar-refractivity contribution < 1.29 is 14.0 Å². The fourth-order valence-corrected chi connectivity index (χ4v) is 3.96. The predicted octanol–water partition coefficient (Wildman–Crippen LogP) is 4.10. The first kappa shape index (κ1) is 18.5. The molecule has 1 atom stereocenters. The van der Waals surface area contributed by atoms with Crippen LogP contribution in [0.15, 0.2) is 48.5 Å². The van der Waals surface area contributed by atoms with Gasteiger partial charge < -0.3 is 4.90 Å². The smallest absolute Gasteiger partial charge is 0.260 e. The molecule has 0 unspecified atom stereocenters. The molecule has 142 valence electrons. The summed E-state index contributed by atoms with van der Waals surface area (Å²) in [4.78, 5) is 26.3. The minimum absolute atomic E-state index is 0.0144. The summed E-state index contributed by atoms with van der Waals surface area (Å²) in [6.45, 7) is 0.469. The molecule has 1 aromatic heterocycles. The van der Waals surface area contributed by atoms with Gasteiger partial charge in [-0.25, -0.2) is 4.39 Å². The lowest BCUT2D eigenvalue weighted by Crippen LogP contribution is -2.24. The van der Waals surface area contributed by atoms with Crippen LogP contribution in [-0.2, 0) is 4.79 Å². The number of amides is 2. The maximum atomic E-state index is 13.7. The van der Waals surface area contributed by atoms with Crippen LogP contribution in [0.4, 0.5) is 15.2 Å². The molecule has 2 amide bonds. The van der Waals surface area contributed by atoms with E-state index in [0.29, 0.717) is 23.0 Å². The van der Waals surface area contributed by atoms with Crippen LogP contribution in [0.5, 0.6) is 0 Å². The number of nitrogens with zero attached hydrogens (tertiary/aromatic N) is 3. The number of carbonyl (C=O) groups is 2. The minimum atomic E-state index is -0.607. The van der Waals surface area contributed by atoms with E-state index >= 15 is 0 Å². The Kier molecular flexibility index (Phi) is 5.06. The number of anilines is 2. The highest BCUT2D eigenvalue weighted by molar-refractivity contribution is 7.15. The SMILES string of the molecule is O=C(Nc1nnc([C@H]2CC(=O)N(c3ccc(Cl)cc3)C2)s1)c1ccccc1F. The van der Waals surface area contributed by atoms with Gasteiger partial charge in [-0.05, 0) is 36.4 Å². The molecule has 1 aliphatic rings. The average molecular weight is 417 g/mol. The largest absolute Gasteiger partial charge is 0.312 e. The zero-order valence-corrected chi connectivity index (χ0v) is 16.0. The highest BCUT2D eigenvalue weighted by Gasteiger charge is 2.34. The highest BCUT2D eigenvalue weighted by atomic mass is 35.5. The minimum Gasteiger partial charge on any atom is -0.312 e. The number of rotatable bonds is 4. The van der Waals surface area contributed by atoms with E-state index in [1.165, 1.54) is 29.5 Å². The Morgan fingerprint density at radius 3 is 2.68 bits per heavy atom. The molecule has 28 heavy (non-hydrogen) atoms. The Hall–Kier alpha value is -2.84. The van der Waals surface area contributed by atoms with Crippen molar-refractivity contribution in [3.8, 4) is 0 Å². The highest BCUT2D eigenvalue weighted by Crippen LogP contribution is 2.34. The normalized spacial score (nSPS) is 16.4. The third-order valence-corrected chi connectivity index (χ3v) is 5.65. The molecule has 0 radical (unpaired) electrons. The Morgan fingerprint density at radius 1 is 1.18 bits per heavy atom. The molecular formula is C19H14ClFN4O2S. The van der Waals surface area contributed by atoms with Crippen LogP contribution in [0.25, 0.3) is 0 Å². The second kappa shape index (κ2) is 7.65. The van der Waals surface area contributed by atoms with E-state index in [0.717, 1.165) is 5.69 Å². The Labute approximate surface area is 169 Å². The van der Waals surface area contributed by atoms with Gasteiger partial charge in [-0.15, -0.1) is 10.2 Å². The van der Waals surface area contributed by atoms with Crippen molar-refractivity contribution >= 4 is 45.6 Å². The Balaban J connectivity index is 1.46. The summed E-state index contributed by atoms with van der Waals surface area (Å²) in [6.07, 6.45) is 0.304. The molecule has 1 fully saturated rings. The number of nitrogens with one attached hydrogen (secondary N) is 1. The molecular weight excluding hydrogens is 403 g/mol. The summed E-state index contributed by atoms with van der Waals surface area (Å²) >= 11 is 7.08. The summed E-state index contributed by atoms with van der Waals surface area (Å²) in [6, 6.07) is 12.8. The molecule has 9 heteroatoms. The molecule has 1 aliphatic heterocycles. The number of aromatic nitrogens is 2. The van der Waals surface area contributed by atoms with Gasteiger partial charge in [0.15, 0.2) is 0 Å². The topological polar surface area (TPSA) is 75.2 Å². The van der Waals surface area contributed by atoms with Gasteiger partial charge in [-0.3, -0.25) is 14.9 Å². The van der Waals surface area contributed by atoms with E-state index in [1.807, 2.05) is 0 Å². The predicted molar refractivity (Wildman–Crippen MR) is 105 cm³/mol. The first-order valence-corrected chi connectivity index (χ1v) is 9.66. The lowest BCUT2D eigenvalue weighted by atomic mass is 10.1. The molecule has 0 saturated carbocycles. The maximum Gasteiger partial charge on any atom is 0.260 e. The monoisotopic (exact) mass is 416 g/mol. The number of carbonyl (C=O) groups excluding carboxylic acids is 2. The summed E-state index contributed by atoms with van der Waals surface area (Å²) in [5, 5.41) is 12.1. The molecule has 2 aromatic carbocycles. The van der Waals surface area contributed by atoms with Crippen molar-refractivity contribution in [1.82, 2.24) is 10.2 Å². The number of hydrogen-bond acceptors (Lipinski definition) is 5. The molecule has 3 aromatic rings. The van der Waals surface area contributed by atoms with Crippen molar-refractivity contribution in [3.63, 3.8) is 0 Å². The molecule has 0 spiro atoms. The lowest BCUT2D eigenvalue weighted by Gasteiger charge is -2.16. The maximum absolute atomic E-state index is 13.7. The molecule has 0 aliphatic carbocycles. The third kappa shape index (κ3) is 3.74. The number of benzene rings is 2. The van der Waals surface area contributed by atoms with E-state index in [1.54, 1.807) is 35.2 Å². The second-order valence-corrected chi connectivity index (χ2v) is 7.71. The van der Waals surface area contributed by atoms with Gasteiger partial charge in [0.05, 0.1) is 5.56 Å². The molecule has 2 heterocycles. The van der Waals surface area contributed by atoms with Crippen molar-refractivity contribution in [1.29, 1.82) is 0 Å². The summed E-state index contributed by atoms with van der Waals surface area (Å²) in [5.74, 6) is -1.34. The van der Waals surface area contributed by atoms with Gasteiger partial charge in [-0.2, -0.15) is 0 Å². The Morgan fingerprint density at radius 2 is 1.93 bits per heavy atom. The molecule has 1 N–H and O–H groups in total. The molecule has 1 saturated heterocycles. The molecule has 6 nitrogen and oxygen atoms in total. The van der Waals surface area contributed by atoms with Crippen LogP contribution in [0, 0.1) is 5.82 Å². The zero-order valence-electron chi connectivity index (χ0n) is 14.4. The van der Waals surface area contributed by atoms with E-state index < -0.39 is 11.7 Å². The van der Waals surface area contributed by atoms with Crippen molar-refractivity contribution in [2.45, 2.75) is 12.3 Å². The van der Waals surface area contributed by atoms with Gasteiger partial charge in [0, 0.05) is 29.6 Å². The van der Waals surface area contributed by atoms with Gasteiger partial charge in [0.2, 0.25) is 11.0 Å². The van der Waals surface area contributed by atoms with E-state index in [-0.39, 0.29) is 22.5 Å². The van der Waals surface area contributed by atoms with Gasteiger partial charge >= 0.3 is 0 Å². The fraction of sp³-hybridized carbons (Fsp3) is 0.158. The standard InChI is InChI=1S/C19H14ClFN4O2S/c20-12-5-7-13(8-6-12)25-10-11(9-16(25)26)18-23-24-19(28-18)22-17(27)14-3-1-2-4-15(14)21/h1-8,11H,9-10H2,(H,22,24,27)/t11-/m0/s1. The van der Waals surface area contributed by atoms with Crippen molar-refractivity contribution in [2.75, 3.05) is 16.8 Å². The van der Waals surface area contributed by atoms with Gasteiger partial charge in [-0.1, -0.05) is 35.1 Å². The van der Waals surface area contributed by atoms with Gasteiger partial charge in [0.25, 0.3) is 5.91 Å². The summed E-state index contributed by atoms with van der Waals surface area (Å²) in [5.41, 5.74) is 0.707. The van der Waals surface area contributed by atoms with E-state index in [2.05, 4.69) is 15.5 Å². The number of hydrogen-bond donors (Lipinski definition) is 1. The summed E-state index contributed by atoms with van der Waals surface area (Å²) < 4.78 is 13.7. The lowest BCUT2D eigenvalue weighted by molar-refractivity contribution is -0.117. The fourth-order valence-electron chi connectivity index (χ4n) is 3.00. The van der Waals surface area contributed by atoms with Crippen LogP contribution >= 0.6 is 22.9 Å². The van der Waals surface area contributed by atoms with Crippen molar-refractivity contribution in [3.05, 3.63) is 69.9 Å². The van der Waals surface area contributed by atoms with Crippen molar-refractivity contribution in [2.24, 2.45) is 0 Å². The summed E-state index contributed by atoms with van der Waals surface area (Å²) in [7, 11) is 0. The first-order chi connectivity index (χ1) is 13.5. The zero-order chi connectivity index (χ0) is 19.7. The number of halogens is 2. The quantitative estimate of drug-likeness (QED) is 0.694. The van der Waals surface area contributed by atoms with Crippen LogP contribution in [0.3, 0.4) is 0 Å². The van der Waals surface area contributed by atoms with Gasteiger partial charge in [0.1, 0.15) is 10.8 Å². The molecule has 4 rings (SSSR count). The van der Waals surface area contributed by atoms with Crippen LogP contribution in [0.1, 0.15) is 27.7 Å². The van der Waals surface area contributed by atoms with E-state index in [9.17, 15) is 14.0 Å². The van der Waals surface area contributed by atoms with E-state index in [4.69, 9.17) is 11.6 Å². The average Bonchev–Trinajstić information content (AvgIpc) is 3.29. The van der Waals surface area contributed by atoms with Crippen LogP contribution in [-0.4, -0.2) is 28.6 Å². The molecule has 0 bridgehead atoms. The Bertz CT molecular complexity index is 1040. The third-order valence-electron chi connectivity index (χ3n) is 4.39. The van der Waals surface area contributed by atoms with Crippen LogP contribution < -0.4 is 10.2 Å². The first-order valence-electron chi connectivity index (χ1n) is 8.46. The second-order valence-electron chi connectivity index (χ2n) is 6.26. The van der Waals surface area contributed by atoms with Crippen LogP contribution in [0.2, 0.25) is 5.02 Å².